The van der Waals surface area contributed by atoms with E-state index in [0.29, 0.717) is 6.04 Å². The number of nitrogens with zero attached hydrogens (tertiary/aromatic N) is 2. The van der Waals surface area contributed by atoms with Gasteiger partial charge in [0.25, 0.3) is 0 Å². The second-order valence-electron chi connectivity index (χ2n) is 7.21. The first kappa shape index (κ1) is 17.1. The highest BCUT2D eigenvalue weighted by molar-refractivity contribution is 5.90. The number of amides is 2. The first-order chi connectivity index (χ1) is 11.5. The van der Waals surface area contributed by atoms with E-state index in [2.05, 4.69) is 10.2 Å². The minimum Gasteiger partial charge on any atom is -0.491 e. The molecule has 0 aromatic heterocycles. The van der Waals surface area contributed by atoms with Crippen molar-refractivity contribution in [3.63, 3.8) is 0 Å². The number of benzene rings is 1. The van der Waals surface area contributed by atoms with E-state index in [4.69, 9.17) is 4.74 Å². The lowest BCUT2D eigenvalue weighted by Gasteiger charge is -2.24. The lowest BCUT2D eigenvalue weighted by atomic mass is 10.2. The first-order valence-corrected chi connectivity index (χ1v) is 9.10. The maximum absolute atomic E-state index is 12.6. The van der Waals surface area contributed by atoms with Gasteiger partial charge in [-0.1, -0.05) is 0 Å². The van der Waals surface area contributed by atoms with Crippen LogP contribution in [0, 0.1) is 6.92 Å². The SMILES string of the molecule is Cc1cc(OC(C)C)ccc1NC(=O)N1CC[C@@H](N2CCCC2)C1. The van der Waals surface area contributed by atoms with Crippen LogP contribution in [0.5, 0.6) is 5.75 Å². The molecule has 2 heterocycles. The van der Waals surface area contributed by atoms with Crippen LogP contribution in [0.15, 0.2) is 18.2 Å². The highest BCUT2D eigenvalue weighted by Gasteiger charge is 2.31. The minimum atomic E-state index is 0.0114. The number of likely N-dealkylation sites (tertiary alicyclic amines) is 2. The molecule has 2 aliphatic heterocycles. The Bertz CT molecular complexity index is 582. The predicted octanol–water partition coefficient (Wildman–Crippen LogP) is 3.48. The molecule has 24 heavy (non-hydrogen) atoms. The van der Waals surface area contributed by atoms with Crippen molar-refractivity contribution in [3.05, 3.63) is 23.8 Å². The van der Waals surface area contributed by atoms with Crippen LogP contribution in [0.25, 0.3) is 0 Å². The normalized spacial score (nSPS) is 21.5. The Hall–Kier alpha value is -1.75. The van der Waals surface area contributed by atoms with Crippen LogP contribution in [0.1, 0.15) is 38.7 Å². The quantitative estimate of drug-likeness (QED) is 0.918. The summed E-state index contributed by atoms with van der Waals surface area (Å²) in [6, 6.07) is 6.38. The molecule has 3 rings (SSSR count). The third kappa shape index (κ3) is 4.01. The van der Waals surface area contributed by atoms with Crippen LogP contribution < -0.4 is 10.1 Å². The molecule has 0 radical (unpaired) electrons. The Kier molecular flexibility index (Phi) is 5.29. The average Bonchev–Trinajstić information content (AvgIpc) is 3.19. The third-order valence-corrected chi connectivity index (χ3v) is 4.92. The van der Waals surface area contributed by atoms with Gasteiger partial charge in [0.2, 0.25) is 0 Å². The fraction of sp³-hybridized carbons (Fsp3) is 0.632. The zero-order valence-electron chi connectivity index (χ0n) is 15.0. The fourth-order valence-corrected chi connectivity index (χ4v) is 3.65. The lowest BCUT2D eigenvalue weighted by Crippen LogP contribution is -2.38. The molecule has 0 spiro atoms. The smallest absolute Gasteiger partial charge is 0.321 e. The van der Waals surface area contributed by atoms with E-state index in [-0.39, 0.29) is 12.1 Å². The summed E-state index contributed by atoms with van der Waals surface area (Å²) in [4.78, 5) is 17.0. The number of rotatable bonds is 4. The number of anilines is 1. The van der Waals surface area contributed by atoms with E-state index in [0.717, 1.165) is 36.5 Å². The summed E-state index contributed by atoms with van der Waals surface area (Å²) in [6.45, 7) is 10.1. The van der Waals surface area contributed by atoms with Gasteiger partial charge >= 0.3 is 6.03 Å². The predicted molar refractivity (Wildman–Crippen MR) is 96.7 cm³/mol. The van der Waals surface area contributed by atoms with Gasteiger partial charge in [-0.15, -0.1) is 0 Å². The Morgan fingerprint density at radius 3 is 2.67 bits per heavy atom. The summed E-state index contributed by atoms with van der Waals surface area (Å²) in [7, 11) is 0. The standard InChI is InChI=1S/C19H29N3O2/c1-14(2)24-17-6-7-18(15(3)12-17)20-19(23)22-11-8-16(13-22)21-9-4-5-10-21/h6-7,12,14,16H,4-5,8-11,13H2,1-3H3,(H,20,23)/t16-/m1/s1. The second-order valence-corrected chi connectivity index (χ2v) is 7.21. The van der Waals surface area contributed by atoms with Crippen LogP contribution in [0.4, 0.5) is 10.5 Å². The summed E-state index contributed by atoms with van der Waals surface area (Å²) in [5, 5.41) is 3.06. The maximum Gasteiger partial charge on any atom is 0.321 e. The number of hydrogen-bond acceptors (Lipinski definition) is 3. The number of ether oxygens (including phenoxy) is 1. The van der Waals surface area contributed by atoms with E-state index in [9.17, 15) is 4.79 Å². The maximum atomic E-state index is 12.6. The minimum absolute atomic E-state index is 0.0114. The molecule has 1 atom stereocenters. The van der Waals surface area contributed by atoms with Crippen molar-refractivity contribution in [1.82, 2.24) is 9.80 Å². The molecule has 5 nitrogen and oxygen atoms in total. The van der Waals surface area contributed by atoms with Gasteiger partial charge in [-0.3, -0.25) is 4.90 Å². The third-order valence-electron chi connectivity index (χ3n) is 4.92. The molecule has 5 heteroatoms. The molecule has 0 aliphatic carbocycles. The van der Waals surface area contributed by atoms with Gasteiger partial charge in [0, 0.05) is 24.8 Å². The van der Waals surface area contributed by atoms with Gasteiger partial charge in [0.05, 0.1) is 6.10 Å². The molecule has 0 bridgehead atoms. The fourth-order valence-electron chi connectivity index (χ4n) is 3.65. The molecule has 2 saturated heterocycles. The highest BCUT2D eigenvalue weighted by atomic mass is 16.5. The van der Waals surface area contributed by atoms with Crippen molar-refractivity contribution >= 4 is 11.7 Å². The number of carbonyl (C=O) groups excluding carboxylic acids is 1. The van der Waals surface area contributed by atoms with Crippen molar-refractivity contribution < 1.29 is 9.53 Å². The first-order valence-electron chi connectivity index (χ1n) is 9.10. The molecular weight excluding hydrogens is 302 g/mol. The molecule has 2 amide bonds. The molecule has 0 saturated carbocycles. The largest absolute Gasteiger partial charge is 0.491 e. The number of hydrogen-bond donors (Lipinski definition) is 1. The van der Waals surface area contributed by atoms with E-state index >= 15 is 0 Å². The molecule has 0 unspecified atom stereocenters. The topological polar surface area (TPSA) is 44.8 Å². The summed E-state index contributed by atoms with van der Waals surface area (Å²) < 4.78 is 5.70. The van der Waals surface area contributed by atoms with Gasteiger partial charge in [-0.25, -0.2) is 4.79 Å². The van der Waals surface area contributed by atoms with Crippen LogP contribution in [0.3, 0.4) is 0 Å². The molecule has 1 N–H and O–H groups in total. The molecule has 2 fully saturated rings. The Morgan fingerprint density at radius 2 is 2.00 bits per heavy atom. The van der Waals surface area contributed by atoms with Crippen LogP contribution in [-0.2, 0) is 0 Å². The van der Waals surface area contributed by atoms with Crippen LogP contribution in [-0.4, -0.2) is 54.2 Å². The molecule has 1 aromatic rings. The van der Waals surface area contributed by atoms with E-state index in [1.807, 2.05) is 43.9 Å². The highest BCUT2D eigenvalue weighted by Crippen LogP contribution is 2.24. The van der Waals surface area contributed by atoms with Crippen molar-refractivity contribution in [2.75, 3.05) is 31.5 Å². The summed E-state index contributed by atoms with van der Waals surface area (Å²) in [6.07, 6.45) is 3.84. The molecular formula is C19H29N3O2. The average molecular weight is 331 g/mol. The Labute approximate surface area is 145 Å². The van der Waals surface area contributed by atoms with Crippen molar-refractivity contribution in [3.8, 4) is 5.75 Å². The van der Waals surface area contributed by atoms with Gasteiger partial charge in [0.15, 0.2) is 0 Å². The van der Waals surface area contributed by atoms with Gasteiger partial charge in [-0.2, -0.15) is 0 Å². The number of carbonyl (C=O) groups is 1. The molecule has 2 aliphatic rings. The monoisotopic (exact) mass is 331 g/mol. The summed E-state index contributed by atoms with van der Waals surface area (Å²) in [5.41, 5.74) is 1.89. The zero-order valence-corrected chi connectivity index (χ0v) is 15.0. The Balaban J connectivity index is 1.57. The van der Waals surface area contributed by atoms with Crippen molar-refractivity contribution in [1.29, 1.82) is 0 Å². The van der Waals surface area contributed by atoms with Gasteiger partial charge < -0.3 is 15.0 Å². The Morgan fingerprint density at radius 1 is 1.25 bits per heavy atom. The second kappa shape index (κ2) is 7.43. The summed E-state index contributed by atoms with van der Waals surface area (Å²) >= 11 is 0. The zero-order chi connectivity index (χ0) is 17.1. The van der Waals surface area contributed by atoms with Crippen molar-refractivity contribution in [2.45, 2.75) is 52.2 Å². The lowest BCUT2D eigenvalue weighted by molar-refractivity contribution is 0.210. The summed E-state index contributed by atoms with van der Waals surface area (Å²) in [5.74, 6) is 0.843. The van der Waals surface area contributed by atoms with Crippen LogP contribution >= 0.6 is 0 Å². The van der Waals surface area contributed by atoms with E-state index in [1.165, 1.54) is 25.9 Å². The van der Waals surface area contributed by atoms with Crippen molar-refractivity contribution in [2.24, 2.45) is 0 Å². The molecule has 132 valence electrons. The number of nitrogens with one attached hydrogen (secondary N) is 1. The van der Waals surface area contributed by atoms with E-state index in [1.54, 1.807) is 0 Å². The van der Waals surface area contributed by atoms with Gasteiger partial charge in [-0.05, 0) is 76.9 Å². The van der Waals surface area contributed by atoms with E-state index < -0.39 is 0 Å². The number of urea groups is 1. The van der Waals surface area contributed by atoms with Crippen LogP contribution in [0.2, 0.25) is 0 Å². The van der Waals surface area contributed by atoms with Gasteiger partial charge in [0.1, 0.15) is 5.75 Å². The molecule has 1 aromatic carbocycles. The number of aryl methyl sites for hydroxylation is 1.